The lowest BCUT2D eigenvalue weighted by molar-refractivity contribution is 0.0497. The monoisotopic (exact) mass is 271 g/mol. The standard InChI is InChI=1S/C16H21N3O/c1-4-18(2)14-8-6-13(7-9-14)15(20)19(3)16(12-17)10-5-11-16/h6-9H,4-5,10-11H2,1-3H3. The van der Waals surface area contributed by atoms with E-state index in [4.69, 9.17) is 0 Å². The second-order valence-corrected chi connectivity index (χ2v) is 5.42. The predicted molar refractivity (Wildman–Crippen MR) is 79.7 cm³/mol. The van der Waals surface area contributed by atoms with Gasteiger partial charge >= 0.3 is 0 Å². The van der Waals surface area contributed by atoms with Crippen LogP contribution in [0.3, 0.4) is 0 Å². The van der Waals surface area contributed by atoms with Crippen LogP contribution in [0.25, 0.3) is 0 Å². The third-order valence-electron chi connectivity index (χ3n) is 4.36. The highest BCUT2D eigenvalue weighted by Crippen LogP contribution is 2.37. The van der Waals surface area contributed by atoms with E-state index in [0.717, 1.165) is 31.5 Å². The van der Waals surface area contributed by atoms with Crippen molar-refractivity contribution in [3.63, 3.8) is 0 Å². The summed E-state index contributed by atoms with van der Waals surface area (Å²) in [6, 6.07) is 9.87. The number of hydrogen-bond acceptors (Lipinski definition) is 3. The molecule has 0 atom stereocenters. The maximum atomic E-state index is 12.5. The number of amides is 1. The fourth-order valence-electron chi connectivity index (χ4n) is 2.46. The van der Waals surface area contributed by atoms with Crippen LogP contribution in [0.2, 0.25) is 0 Å². The number of benzene rings is 1. The molecule has 1 aromatic rings. The zero-order valence-corrected chi connectivity index (χ0v) is 12.4. The average molecular weight is 271 g/mol. The molecule has 0 bridgehead atoms. The highest BCUT2D eigenvalue weighted by molar-refractivity contribution is 5.95. The topological polar surface area (TPSA) is 47.3 Å². The zero-order valence-electron chi connectivity index (χ0n) is 12.4. The van der Waals surface area contributed by atoms with Crippen LogP contribution in [-0.4, -0.2) is 37.0 Å². The van der Waals surface area contributed by atoms with E-state index in [1.165, 1.54) is 0 Å². The fourth-order valence-corrected chi connectivity index (χ4v) is 2.46. The minimum Gasteiger partial charge on any atom is -0.375 e. The molecule has 1 amide bonds. The maximum absolute atomic E-state index is 12.5. The first kappa shape index (κ1) is 14.4. The van der Waals surface area contributed by atoms with Crippen LogP contribution in [0, 0.1) is 11.3 Å². The van der Waals surface area contributed by atoms with Gasteiger partial charge in [0, 0.05) is 31.9 Å². The van der Waals surface area contributed by atoms with E-state index in [2.05, 4.69) is 17.9 Å². The molecule has 2 rings (SSSR count). The van der Waals surface area contributed by atoms with Crippen molar-refractivity contribution in [2.45, 2.75) is 31.7 Å². The zero-order chi connectivity index (χ0) is 14.8. The smallest absolute Gasteiger partial charge is 0.254 e. The summed E-state index contributed by atoms with van der Waals surface area (Å²) in [5.74, 6) is -0.0723. The molecule has 1 aliphatic rings. The Morgan fingerprint density at radius 2 is 1.90 bits per heavy atom. The van der Waals surface area contributed by atoms with Crippen molar-refractivity contribution >= 4 is 11.6 Å². The van der Waals surface area contributed by atoms with E-state index < -0.39 is 5.54 Å². The molecular weight excluding hydrogens is 250 g/mol. The molecule has 0 aromatic heterocycles. The molecule has 1 saturated carbocycles. The molecule has 0 spiro atoms. The summed E-state index contributed by atoms with van der Waals surface area (Å²) in [6.07, 6.45) is 2.58. The van der Waals surface area contributed by atoms with E-state index in [1.807, 2.05) is 31.3 Å². The van der Waals surface area contributed by atoms with Gasteiger partial charge in [-0.25, -0.2) is 0 Å². The van der Waals surface area contributed by atoms with Gasteiger partial charge in [-0.15, -0.1) is 0 Å². The average Bonchev–Trinajstić information content (AvgIpc) is 2.45. The van der Waals surface area contributed by atoms with Crippen LogP contribution in [-0.2, 0) is 0 Å². The second kappa shape index (κ2) is 5.54. The summed E-state index contributed by atoms with van der Waals surface area (Å²) in [5, 5.41) is 9.30. The molecule has 4 nitrogen and oxygen atoms in total. The Kier molecular flexibility index (Phi) is 3.99. The summed E-state index contributed by atoms with van der Waals surface area (Å²) >= 11 is 0. The van der Waals surface area contributed by atoms with E-state index >= 15 is 0 Å². The molecule has 0 saturated heterocycles. The van der Waals surface area contributed by atoms with Gasteiger partial charge in [-0.1, -0.05) is 0 Å². The third kappa shape index (κ3) is 2.36. The Morgan fingerprint density at radius 1 is 1.30 bits per heavy atom. The molecule has 0 radical (unpaired) electrons. The summed E-state index contributed by atoms with van der Waals surface area (Å²) in [7, 11) is 3.75. The number of anilines is 1. The quantitative estimate of drug-likeness (QED) is 0.846. The van der Waals surface area contributed by atoms with Crippen LogP contribution < -0.4 is 4.90 Å². The highest BCUT2D eigenvalue weighted by atomic mass is 16.2. The lowest BCUT2D eigenvalue weighted by atomic mass is 9.76. The summed E-state index contributed by atoms with van der Waals surface area (Å²) in [4.78, 5) is 16.2. The van der Waals surface area contributed by atoms with Crippen molar-refractivity contribution < 1.29 is 4.79 Å². The van der Waals surface area contributed by atoms with E-state index in [0.29, 0.717) is 5.56 Å². The van der Waals surface area contributed by atoms with Crippen LogP contribution in [0.1, 0.15) is 36.5 Å². The number of carbonyl (C=O) groups is 1. The van der Waals surface area contributed by atoms with Gasteiger partial charge in [-0.2, -0.15) is 5.26 Å². The van der Waals surface area contributed by atoms with Crippen LogP contribution in [0.4, 0.5) is 5.69 Å². The van der Waals surface area contributed by atoms with E-state index in [9.17, 15) is 10.1 Å². The van der Waals surface area contributed by atoms with E-state index in [-0.39, 0.29) is 5.91 Å². The molecule has 0 unspecified atom stereocenters. The van der Waals surface area contributed by atoms with Gasteiger partial charge < -0.3 is 9.80 Å². The molecule has 20 heavy (non-hydrogen) atoms. The van der Waals surface area contributed by atoms with Gasteiger partial charge in [0.25, 0.3) is 5.91 Å². The minimum atomic E-state index is -0.587. The Bertz CT molecular complexity index is 526. The normalized spacial score (nSPS) is 15.9. The Labute approximate surface area is 120 Å². The lowest BCUT2D eigenvalue weighted by Crippen LogP contribution is -2.53. The van der Waals surface area contributed by atoms with Crippen molar-refractivity contribution in [1.82, 2.24) is 4.90 Å². The van der Waals surface area contributed by atoms with Crippen molar-refractivity contribution in [2.24, 2.45) is 0 Å². The molecule has 1 fully saturated rings. The molecule has 0 aliphatic heterocycles. The van der Waals surface area contributed by atoms with Gasteiger partial charge in [0.05, 0.1) is 6.07 Å². The van der Waals surface area contributed by atoms with Crippen LogP contribution in [0.5, 0.6) is 0 Å². The fraction of sp³-hybridized carbons (Fsp3) is 0.500. The lowest BCUT2D eigenvalue weighted by Gasteiger charge is -2.42. The molecule has 106 valence electrons. The van der Waals surface area contributed by atoms with Gasteiger partial charge in [0.2, 0.25) is 0 Å². The SMILES string of the molecule is CCN(C)c1ccc(C(=O)N(C)C2(C#N)CCC2)cc1. The van der Waals surface area contributed by atoms with Crippen molar-refractivity contribution in [3.8, 4) is 6.07 Å². The Balaban J connectivity index is 2.15. The van der Waals surface area contributed by atoms with Gasteiger partial charge in [-0.05, 0) is 50.5 Å². The predicted octanol–water partition coefficient (Wildman–Crippen LogP) is 2.66. The summed E-state index contributed by atoms with van der Waals surface area (Å²) in [6.45, 7) is 3.00. The largest absolute Gasteiger partial charge is 0.375 e. The number of nitriles is 1. The molecule has 0 N–H and O–H groups in total. The maximum Gasteiger partial charge on any atom is 0.254 e. The number of hydrogen-bond donors (Lipinski definition) is 0. The van der Waals surface area contributed by atoms with Gasteiger partial charge in [0.15, 0.2) is 0 Å². The van der Waals surface area contributed by atoms with E-state index in [1.54, 1.807) is 11.9 Å². The highest BCUT2D eigenvalue weighted by Gasteiger charge is 2.43. The van der Waals surface area contributed by atoms with Crippen LogP contribution >= 0.6 is 0 Å². The Hall–Kier alpha value is -2.02. The summed E-state index contributed by atoms with van der Waals surface area (Å²) < 4.78 is 0. The first-order valence-electron chi connectivity index (χ1n) is 7.04. The van der Waals surface area contributed by atoms with Crippen molar-refractivity contribution in [3.05, 3.63) is 29.8 Å². The number of nitrogens with zero attached hydrogens (tertiary/aromatic N) is 3. The second-order valence-electron chi connectivity index (χ2n) is 5.42. The molecule has 1 aromatic carbocycles. The molecule has 1 aliphatic carbocycles. The molecule has 0 heterocycles. The minimum absolute atomic E-state index is 0.0723. The third-order valence-corrected chi connectivity index (χ3v) is 4.36. The number of rotatable bonds is 4. The Morgan fingerprint density at radius 3 is 2.30 bits per heavy atom. The molecular formula is C16H21N3O. The van der Waals surface area contributed by atoms with Gasteiger partial charge in [-0.3, -0.25) is 4.79 Å². The first-order valence-corrected chi connectivity index (χ1v) is 7.04. The molecule has 4 heteroatoms. The van der Waals surface area contributed by atoms with Gasteiger partial charge in [0.1, 0.15) is 5.54 Å². The van der Waals surface area contributed by atoms with Crippen LogP contribution in [0.15, 0.2) is 24.3 Å². The van der Waals surface area contributed by atoms with Crippen molar-refractivity contribution in [2.75, 3.05) is 25.5 Å². The summed E-state index contributed by atoms with van der Waals surface area (Å²) in [5.41, 5.74) is 1.14. The number of carbonyl (C=O) groups excluding carboxylic acids is 1. The first-order chi connectivity index (χ1) is 9.54. The van der Waals surface area contributed by atoms with Crippen molar-refractivity contribution in [1.29, 1.82) is 5.26 Å².